The minimum atomic E-state index is 0.119. The topological polar surface area (TPSA) is 53.9 Å². The molecule has 0 bridgehead atoms. The molecule has 0 unspecified atom stereocenters. The summed E-state index contributed by atoms with van der Waals surface area (Å²) in [5.74, 6) is 1.14. The summed E-state index contributed by atoms with van der Waals surface area (Å²) in [6.45, 7) is 2.17. The summed E-state index contributed by atoms with van der Waals surface area (Å²) >= 11 is 5.86. The molecule has 1 aliphatic rings. The lowest BCUT2D eigenvalue weighted by atomic mass is 9.79. The van der Waals surface area contributed by atoms with Gasteiger partial charge in [0.2, 0.25) is 17.2 Å². The van der Waals surface area contributed by atoms with E-state index >= 15 is 0 Å². The molecule has 2 rings (SSSR count). The summed E-state index contributed by atoms with van der Waals surface area (Å²) in [4.78, 5) is 14.2. The van der Waals surface area contributed by atoms with Crippen molar-refractivity contribution >= 4 is 23.5 Å². The van der Waals surface area contributed by atoms with E-state index < -0.39 is 0 Å². The SMILES string of the molecule is CN(C)c1nc(Cl)nc(NC2(C)CCC2)n1. The third kappa shape index (κ3) is 2.35. The summed E-state index contributed by atoms with van der Waals surface area (Å²) in [6, 6.07) is 0. The van der Waals surface area contributed by atoms with E-state index in [1.165, 1.54) is 6.42 Å². The summed E-state index contributed by atoms with van der Waals surface area (Å²) in [7, 11) is 3.75. The van der Waals surface area contributed by atoms with E-state index in [0.29, 0.717) is 11.9 Å². The molecule has 16 heavy (non-hydrogen) atoms. The van der Waals surface area contributed by atoms with Crippen LogP contribution in [0.25, 0.3) is 0 Å². The normalized spacial score (nSPS) is 17.8. The van der Waals surface area contributed by atoms with Crippen LogP contribution in [0.1, 0.15) is 26.2 Å². The lowest BCUT2D eigenvalue weighted by Gasteiger charge is -2.39. The van der Waals surface area contributed by atoms with Crippen LogP contribution in [0.4, 0.5) is 11.9 Å². The van der Waals surface area contributed by atoms with Crippen molar-refractivity contribution in [1.29, 1.82) is 0 Å². The zero-order valence-electron chi connectivity index (χ0n) is 9.79. The third-order valence-corrected chi connectivity index (χ3v) is 3.04. The molecular weight excluding hydrogens is 226 g/mol. The summed E-state index contributed by atoms with van der Waals surface area (Å²) in [5.41, 5.74) is 0.119. The molecule has 5 nitrogen and oxygen atoms in total. The van der Waals surface area contributed by atoms with Crippen LogP contribution in [0.15, 0.2) is 0 Å². The van der Waals surface area contributed by atoms with Crippen molar-refractivity contribution in [3.63, 3.8) is 0 Å². The van der Waals surface area contributed by atoms with E-state index in [0.717, 1.165) is 12.8 Å². The Morgan fingerprint density at radius 1 is 1.25 bits per heavy atom. The molecule has 1 N–H and O–H groups in total. The van der Waals surface area contributed by atoms with Crippen molar-refractivity contribution < 1.29 is 0 Å². The second-order valence-electron chi connectivity index (χ2n) is 4.66. The van der Waals surface area contributed by atoms with Crippen molar-refractivity contribution in [1.82, 2.24) is 15.0 Å². The van der Waals surface area contributed by atoms with Crippen LogP contribution in [0, 0.1) is 0 Å². The van der Waals surface area contributed by atoms with Gasteiger partial charge in [-0.25, -0.2) is 0 Å². The number of rotatable bonds is 3. The fourth-order valence-electron chi connectivity index (χ4n) is 1.70. The Kier molecular flexibility index (Phi) is 2.88. The lowest BCUT2D eigenvalue weighted by Crippen LogP contribution is -2.42. The van der Waals surface area contributed by atoms with Gasteiger partial charge in [-0.3, -0.25) is 0 Å². The smallest absolute Gasteiger partial charge is 0.230 e. The van der Waals surface area contributed by atoms with Gasteiger partial charge in [0.15, 0.2) is 0 Å². The molecule has 0 aliphatic heterocycles. The molecule has 0 spiro atoms. The number of nitrogens with one attached hydrogen (secondary N) is 1. The highest BCUT2D eigenvalue weighted by Gasteiger charge is 2.32. The van der Waals surface area contributed by atoms with Gasteiger partial charge < -0.3 is 10.2 Å². The van der Waals surface area contributed by atoms with Crippen LogP contribution in [0.3, 0.4) is 0 Å². The van der Waals surface area contributed by atoms with Crippen molar-refractivity contribution in [2.75, 3.05) is 24.3 Å². The summed E-state index contributed by atoms with van der Waals surface area (Å²) < 4.78 is 0. The van der Waals surface area contributed by atoms with E-state index in [9.17, 15) is 0 Å². The van der Waals surface area contributed by atoms with Gasteiger partial charge in [-0.15, -0.1) is 0 Å². The minimum Gasteiger partial charge on any atom is -0.349 e. The van der Waals surface area contributed by atoms with Gasteiger partial charge in [0.05, 0.1) is 0 Å². The van der Waals surface area contributed by atoms with Crippen LogP contribution in [0.5, 0.6) is 0 Å². The van der Waals surface area contributed by atoms with Gasteiger partial charge in [-0.05, 0) is 37.8 Å². The maximum atomic E-state index is 5.86. The molecular formula is C10H16ClN5. The molecule has 0 atom stereocenters. The predicted octanol–water partition coefficient (Wildman–Crippen LogP) is 1.95. The number of aromatic nitrogens is 3. The molecule has 0 radical (unpaired) electrons. The number of nitrogens with zero attached hydrogens (tertiary/aromatic N) is 4. The Balaban J connectivity index is 2.20. The third-order valence-electron chi connectivity index (χ3n) is 2.87. The first-order chi connectivity index (χ1) is 7.48. The van der Waals surface area contributed by atoms with Crippen LogP contribution in [-0.4, -0.2) is 34.6 Å². The molecule has 88 valence electrons. The molecule has 1 aromatic rings. The van der Waals surface area contributed by atoms with E-state index in [4.69, 9.17) is 11.6 Å². The van der Waals surface area contributed by atoms with Gasteiger partial charge in [0.1, 0.15) is 0 Å². The van der Waals surface area contributed by atoms with E-state index in [1.54, 1.807) is 0 Å². The van der Waals surface area contributed by atoms with Gasteiger partial charge in [-0.2, -0.15) is 15.0 Å². The quantitative estimate of drug-likeness (QED) is 0.877. The van der Waals surface area contributed by atoms with E-state index in [-0.39, 0.29) is 10.8 Å². The lowest BCUT2D eigenvalue weighted by molar-refractivity contribution is 0.304. The van der Waals surface area contributed by atoms with E-state index in [1.807, 2.05) is 19.0 Å². The first-order valence-electron chi connectivity index (χ1n) is 5.36. The number of anilines is 2. The Bertz CT molecular complexity index is 389. The Morgan fingerprint density at radius 3 is 2.44 bits per heavy atom. The van der Waals surface area contributed by atoms with Gasteiger partial charge in [0.25, 0.3) is 0 Å². The summed E-state index contributed by atoms with van der Waals surface area (Å²) in [6.07, 6.45) is 3.55. The zero-order valence-corrected chi connectivity index (χ0v) is 10.5. The van der Waals surface area contributed by atoms with Gasteiger partial charge >= 0.3 is 0 Å². The molecule has 0 aromatic carbocycles. The van der Waals surface area contributed by atoms with Crippen LogP contribution < -0.4 is 10.2 Å². The van der Waals surface area contributed by atoms with Crippen molar-refractivity contribution in [2.45, 2.75) is 31.7 Å². The average molecular weight is 242 g/mol. The first-order valence-corrected chi connectivity index (χ1v) is 5.73. The molecule has 1 saturated carbocycles. The number of hydrogen-bond acceptors (Lipinski definition) is 5. The molecule has 6 heteroatoms. The molecule has 1 aliphatic carbocycles. The van der Waals surface area contributed by atoms with Crippen LogP contribution in [0.2, 0.25) is 5.28 Å². The maximum Gasteiger partial charge on any atom is 0.230 e. The Hall–Kier alpha value is -1.10. The van der Waals surface area contributed by atoms with Crippen LogP contribution in [-0.2, 0) is 0 Å². The largest absolute Gasteiger partial charge is 0.349 e. The molecule has 0 amide bonds. The Morgan fingerprint density at radius 2 is 1.94 bits per heavy atom. The van der Waals surface area contributed by atoms with Crippen molar-refractivity contribution in [3.05, 3.63) is 5.28 Å². The Labute approximate surface area is 100 Å². The molecule has 0 saturated heterocycles. The maximum absolute atomic E-state index is 5.86. The van der Waals surface area contributed by atoms with Crippen LogP contribution >= 0.6 is 11.6 Å². The highest BCUT2D eigenvalue weighted by molar-refractivity contribution is 6.28. The fourth-order valence-corrected chi connectivity index (χ4v) is 1.85. The standard InChI is InChI=1S/C10H16ClN5/c1-10(5-4-6-10)15-8-12-7(11)13-9(14-8)16(2)3/h4-6H2,1-3H3,(H,12,13,14,15). The predicted molar refractivity (Wildman–Crippen MR) is 65.0 cm³/mol. The highest BCUT2D eigenvalue weighted by Crippen LogP contribution is 2.34. The second kappa shape index (κ2) is 4.05. The molecule has 1 aromatic heterocycles. The van der Waals surface area contributed by atoms with E-state index in [2.05, 4.69) is 27.2 Å². The molecule has 1 fully saturated rings. The molecule has 1 heterocycles. The highest BCUT2D eigenvalue weighted by atomic mass is 35.5. The van der Waals surface area contributed by atoms with Crippen molar-refractivity contribution in [3.8, 4) is 0 Å². The van der Waals surface area contributed by atoms with Gasteiger partial charge in [-0.1, -0.05) is 0 Å². The monoisotopic (exact) mass is 241 g/mol. The average Bonchev–Trinajstić information content (AvgIpc) is 2.14. The van der Waals surface area contributed by atoms with Gasteiger partial charge in [0, 0.05) is 19.6 Å². The number of halogens is 1. The fraction of sp³-hybridized carbons (Fsp3) is 0.700. The number of hydrogen-bond donors (Lipinski definition) is 1. The second-order valence-corrected chi connectivity index (χ2v) is 5.00. The van der Waals surface area contributed by atoms with Crippen molar-refractivity contribution in [2.24, 2.45) is 0 Å². The summed E-state index contributed by atoms with van der Waals surface area (Å²) in [5, 5.41) is 3.54. The first kappa shape index (κ1) is 11.4. The zero-order chi connectivity index (χ0) is 11.8. The minimum absolute atomic E-state index is 0.119.